The van der Waals surface area contributed by atoms with Crippen LogP contribution in [-0.2, 0) is 23.2 Å². The minimum atomic E-state index is -1.87. The van der Waals surface area contributed by atoms with Gasteiger partial charge in [0.1, 0.15) is 5.82 Å². The average Bonchev–Trinajstić information content (AvgIpc) is 3.62. The van der Waals surface area contributed by atoms with Gasteiger partial charge in [-0.1, -0.05) is 41.9 Å². The molecule has 1 aromatic heterocycles. The predicted molar refractivity (Wildman–Crippen MR) is 117 cm³/mol. The number of hydrogen-bond acceptors (Lipinski definition) is 4. The molecule has 170 valence electrons. The Labute approximate surface area is 192 Å². The van der Waals surface area contributed by atoms with Gasteiger partial charge in [-0.3, -0.25) is 9.59 Å². The van der Waals surface area contributed by atoms with Crippen molar-refractivity contribution in [1.82, 2.24) is 14.9 Å². The fraction of sp³-hybridized carbons (Fsp3) is 0.292. The van der Waals surface area contributed by atoms with Crippen LogP contribution in [0.25, 0.3) is 0 Å². The first kappa shape index (κ1) is 21.7. The third kappa shape index (κ3) is 3.63. The number of H-pyrrole nitrogens is 1. The van der Waals surface area contributed by atoms with Crippen molar-refractivity contribution in [2.45, 2.75) is 37.3 Å². The predicted octanol–water partition coefficient (Wildman–Crippen LogP) is 3.40. The summed E-state index contributed by atoms with van der Waals surface area (Å²) in [5.74, 6) is -2.66. The molecule has 1 aliphatic carbocycles. The van der Waals surface area contributed by atoms with Gasteiger partial charge in [0.05, 0.1) is 23.2 Å². The van der Waals surface area contributed by atoms with E-state index >= 15 is 0 Å². The van der Waals surface area contributed by atoms with Crippen LogP contribution in [0.15, 0.2) is 47.3 Å². The number of nitrogens with one attached hydrogen (secondary N) is 1. The van der Waals surface area contributed by atoms with Crippen LogP contribution in [0.4, 0.5) is 8.78 Å². The molecular weight excluding hydrogens is 452 g/mol. The van der Waals surface area contributed by atoms with Gasteiger partial charge in [-0.2, -0.15) is 0 Å². The Morgan fingerprint density at radius 1 is 1.18 bits per heavy atom. The number of benzene rings is 2. The van der Waals surface area contributed by atoms with Crippen LogP contribution < -0.4 is 5.56 Å². The first-order chi connectivity index (χ1) is 15.8. The molecule has 1 aliphatic heterocycles. The lowest BCUT2D eigenvalue weighted by Crippen LogP contribution is -2.42. The van der Waals surface area contributed by atoms with E-state index in [1.54, 1.807) is 0 Å². The van der Waals surface area contributed by atoms with Crippen LogP contribution in [0.2, 0.25) is 5.02 Å². The number of amides is 1. The minimum absolute atomic E-state index is 0.0795. The van der Waals surface area contributed by atoms with Crippen molar-refractivity contribution >= 4 is 17.5 Å². The second-order valence-corrected chi connectivity index (χ2v) is 8.86. The van der Waals surface area contributed by atoms with Gasteiger partial charge in [0.2, 0.25) is 0 Å². The summed E-state index contributed by atoms with van der Waals surface area (Å²) >= 11 is 6.40. The maximum atomic E-state index is 14.0. The lowest BCUT2D eigenvalue weighted by Gasteiger charge is -2.30. The molecule has 2 heterocycles. The molecule has 2 aliphatic rings. The number of hydrogen-bond donors (Lipinski definition) is 2. The molecule has 1 fully saturated rings. The van der Waals surface area contributed by atoms with Crippen molar-refractivity contribution in [3.8, 4) is 0 Å². The standard InChI is InChI=1S/C24H20ClF2N3O3/c25-16-6-2-1-5-15(16)24(9-10-24)23-28-18-8-11-30(12-14(18)21(32)29-23)22(33)20(31)13-4-3-7-17(26)19(13)27/h1-7,20,31H,8-12H2,(H,28,29,32)/t20-/m1/s1. The van der Waals surface area contributed by atoms with Crippen molar-refractivity contribution in [3.63, 3.8) is 0 Å². The highest BCUT2D eigenvalue weighted by molar-refractivity contribution is 6.31. The summed E-state index contributed by atoms with van der Waals surface area (Å²) in [6, 6.07) is 10.8. The largest absolute Gasteiger partial charge is 0.378 e. The van der Waals surface area contributed by atoms with Crippen molar-refractivity contribution in [2.24, 2.45) is 0 Å². The maximum Gasteiger partial charge on any atom is 0.256 e. The third-order valence-corrected chi connectivity index (χ3v) is 6.81. The Morgan fingerprint density at radius 3 is 2.67 bits per heavy atom. The first-order valence-electron chi connectivity index (χ1n) is 10.6. The summed E-state index contributed by atoms with van der Waals surface area (Å²) in [4.78, 5) is 34.6. The summed E-state index contributed by atoms with van der Waals surface area (Å²) < 4.78 is 27.5. The van der Waals surface area contributed by atoms with Crippen molar-refractivity contribution in [1.29, 1.82) is 0 Å². The van der Waals surface area contributed by atoms with E-state index in [-0.39, 0.29) is 18.6 Å². The molecule has 6 nitrogen and oxygen atoms in total. The van der Waals surface area contributed by atoms with Crippen molar-refractivity contribution in [2.75, 3.05) is 6.54 Å². The molecule has 1 atom stereocenters. The number of carbonyl (C=O) groups is 1. The number of halogens is 3. The summed E-state index contributed by atoms with van der Waals surface area (Å²) in [7, 11) is 0. The number of aromatic amines is 1. The maximum absolute atomic E-state index is 14.0. The Bertz CT molecular complexity index is 1320. The number of fused-ring (bicyclic) bond motifs is 1. The van der Waals surface area contributed by atoms with Gasteiger partial charge in [-0.25, -0.2) is 13.8 Å². The monoisotopic (exact) mass is 471 g/mol. The van der Waals surface area contributed by atoms with Crippen LogP contribution in [0, 0.1) is 11.6 Å². The van der Waals surface area contributed by atoms with Crippen molar-refractivity contribution < 1.29 is 18.7 Å². The Balaban J connectivity index is 1.42. The number of aliphatic hydroxyl groups is 1. The Morgan fingerprint density at radius 2 is 1.94 bits per heavy atom. The number of carbonyl (C=O) groups excluding carboxylic acids is 1. The van der Waals surface area contributed by atoms with Gasteiger partial charge in [-0.15, -0.1) is 0 Å². The van der Waals surface area contributed by atoms with Crippen LogP contribution in [0.3, 0.4) is 0 Å². The Hall–Kier alpha value is -3.10. The van der Waals surface area contributed by atoms with Crippen LogP contribution in [0.5, 0.6) is 0 Å². The fourth-order valence-corrected chi connectivity index (χ4v) is 4.80. The molecular formula is C24H20ClF2N3O3. The minimum Gasteiger partial charge on any atom is -0.378 e. The molecule has 3 aromatic rings. The summed E-state index contributed by atoms with van der Waals surface area (Å²) in [5, 5.41) is 11.0. The molecule has 9 heteroatoms. The van der Waals surface area contributed by atoms with E-state index in [1.165, 1.54) is 11.0 Å². The normalized spacial score (nSPS) is 17.4. The Kier molecular flexibility index (Phi) is 5.29. The topological polar surface area (TPSA) is 86.3 Å². The smallest absolute Gasteiger partial charge is 0.256 e. The number of rotatable bonds is 4. The zero-order valence-corrected chi connectivity index (χ0v) is 18.2. The summed E-state index contributed by atoms with van der Waals surface area (Å²) in [6.07, 6.45) is 0.0567. The molecule has 2 N–H and O–H groups in total. The van der Waals surface area contributed by atoms with E-state index in [0.29, 0.717) is 28.5 Å². The SMILES string of the molecule is O=C([C@H](O)c1cccc(F)c1F)N1CCc2nc(C3(c4ccccc4Cl)CC3)[nH]c(=O)c2C1. The molecule has 0 radical (unpaired) electrons. The summed E-state index contributed by atoms with van der Waals surface area (Å²) in [6.45, 7) is 0.110. The van der Waals surface area contributed by atoms with Crippen molar-refractivity contribution in [3.05, 3.63) is 97.7 Å². The lowest BCUT2D eigenvalue weighted by molar-refractivity contribution is -0.141. The molecule has 2 aromatic carbocycles. The number of aliphatic hydroxyl groups excluding tert-OH is 1. The quantitative estimate of drug-likeness (QED) is 0.610. The molecule has 0 bridgehead atoms. The van der Waals surface area contributed by atoms with E-state index in [9.17, 15) is 23.5 Å². The van der Waals surface area contributed by atoms with Gasteiger partial charge in [0, 0.05) is 23.6 Å². The molecule has 33 heavy (non-hydrogen) atoms. The second-order valence-electron chi connectivity index (χ2n) is 8.46. The van der Waals surface area contributed by atoms with E-state index < -0.39 is 34.6 Å². The zero-order chi connectivity index (χ0) is 23.3. The molecule has 0 saturated heterocycles. The second kappa shape index (κ2) is 8.04. The fourth-order valence-electron chi connectivity index (χ4n) is 4.49. The van der Waals surface area contributed by atoms with Gasteiger partial charge < -0.3 is 15.0 Å². The molecule has 0 unspecified atom stereocenters. The van der Waals surface area contributed by atoms with Crippen LogP contribution >= 0.6 is 11.6 Å². The number of aromatic nitrogens is 2. The molecule has 5 rings (SSSR count). The van der Waals surface area contributed by atoms with Gasteiger partial charge in [-0.05, 0) is 30.5 Å². The zero-order valence-electron chi connectivity index (χ0n) is 17.4. The van der Waals surface area contributed by atoms with Crippen LogP contribution in [0.1, 0.15) is 47.2 Å². The van der Waals surface area contributed by atoms with Gasteiger partial charge >= 0.3 is 0 Å². The summed E-state index contributed by atoms with van der Waals surface area (Å²) in [5.41, 5.74) is 0.594. The third-order valence-electron chi connectivity index (χ3n) is 6.48. The average molecular weight is 472 g/mol. The number of nitrogens with zero attached hydrogens (tertiary/aromatic N) is 2. The molecule has 1 saturated carbocycles. The molecule has 0 spiro atoms. The highest BCUT2D eigenvalue weighted by Gasteiger charge is 2.50. The first-order valence-corrected chi connectivity index (χ1v) is 11.0. The molecule has 1 amide bonds. The van der Waals surface area contributed by atoms with E-state index in [0.717, 1.165) is 30.5 Å². The lowest BCUT2D eigenvalue weighted by atomic mass is 9.94. The van der Waals surface area contributed by atoms with Gasteiger partial charge in [0.15, 0.2) is 17.7 Å². The van der Waals surface area contributed by atoms with E-state index in [2.05, 4.69) is 4.98 Å². The van der Waals surface area contributed by atoms with E-state index in [4.69, 9.17) is 16.6 Å². The van der Waals surface area contributed by atoms with Crippen LogP contribution in [-0.4, -0.2) is 32.4 Å². The highest BCUT2D eigenvalue weighted by atomic mass is 35.5. The van der Waals surface area contributed by atoms with Gasteiger partial charge in [0.25, 0.3) is 11.5 Å². The highest BCUT2D eigenvalue weighted by Crippen LogP contribution is 2.53. The van der Waals surface area contributed by atoms with E-state index in [1.807, 2.05) is 24.3 Å².